The van der Waals surface area contributed by atoms with Crippen molar-refractivity contribution < 1.29 is 4.74 Å². The van der Waals surface area contributed by atoms with Gasteiger partial charge in [-0.1, -0.05) is 18.2 Å². The van der Waals surface area contributed by atoms with Gasteiger partial charge in [0.25, 0.3) is 5.56 Å². The van der Waals surface area contributed by atoms with Crippen molar-refractivity contribution in [1.82, 2.24) is 19.5 Å². The third-order valence-electron chi connectivity index (χ3n) is 7.17. The highest BCUT2D eigenvalue weighted by atomic mass is 16.5. The normalized spacial score (nSPS) is 14.2. The van der Waals surface area contributed by atoms with Crippen LogP contribution in [-0.2, 0) is 0 Å². The van der Waals surface area contributed by atoms with E-state index in [0.717, 1.165) is 41.2 Å². The van der Waals surface area contributed by atoms with E-state index in [2.05, 4.69) is 32.3 Å². The Morgan fingerprint density at radius 2 is 1.67 bits per heavy atom. The van der Waals surface area contributed by atoms with Crippen molar-refractivity contribution in [2.75, 3.05) is 30.4 Å². The van der Waals surface area contributed by atoms with Gasteiger partial charge in [0, 0.05) is 48.3 Å². The minimum Gasteiger partial charge on any atom is -0.497 e. The number of nitrogens with zero attached hydrogens (tertiary/aromatic N) is 5. The number of rotatable bonds is 7. The first kappa shape index (κ1) is 24.6. The second-order valence-corrected chi connectivity index (χ2v) is 9.66. The molecule has 39 heavy (non-hydrogen) atoms. The monoisotopic (exact) mass is 518 g/mol. The maximum absolute atomic E-state index is 13.4. The highest BCUT2D eigenvalue weighted by Gasteiger charge is 2.22. The van der Waals surface area contributed by atoms with Gasteiger partial charge in [-0.05, 0) is 79.4 Å². The highest BCUT2D eigenvalue weighted by molar-refractivity contribution is 5.76. The largest absolute Gasteiger partial charge is 0.497 e. The number of aromatic nitrogens is 4. The first-order valence-electron chi connectivity index (χ1n) is 13.2. The second-order valence-electron chi connectivity index (χ2n) is 9.66. The number of ether oxygens (including phenoxy) is 1. The van der Waals surface area contributed by atoms with E-state index in [0.29, 0.717) is 11.6 Å². The van der Waals surface area contributed by atoms with Crippen molar-refractivity contribution in [1.29, 1.82) is 0 Å². The zero-order valence-electron chi connectivity index (χ0n) is 21.8. The molecule has 4 heterocycles. The van der Waals surface area contributed by atoms with Crippen LogP contribution >= 0.6 is 0 Å². The molecule has 1 saturated heterocycles. The van der Waals surface area contributed by atoms with E-state index >= 15 is 0 Å². The zero-order valence-corrected chi connectivity index (χ0v) is 21.8. The lowest BCUT2D eigenvalue weighted by Crippen LogP contribution is -2.29. The average Bonchev–Trinajstić information content (AvgIpc) is 3.00. The van der Waals surface area contributed by atoms with Crippen LogP contribution in [-0.4, -0.2) is 39.7 Å². The van der Waals surface area contributed by atoms with Crippen LogP contribution in [0, 0.1) is 0 Å². The maximum atomic E-state index is 13.4. The number of anilines is 3. The summed E-state index contributed by atoms with van der Waals surface area (Å²) in [6, 6.07) is 24.6. The average molecular weight is 519 g/mol. The third-order valence-corrected chi connectivity index (χ3v) is 7.17. The lowest BCUT2D eigenvalue weighted by atomic mass is 10.0. The molecule has 1 atom stereocenters. The number of benzene rings is 2. The molecule has 1 fully saturated rings. The zero-order chi connectivity index (χ0) is 26.6. The predicted molar refractivity (Wildman–Crippen MR) is 154 cm³/mol. The minimum atomic E-state index is -0.486. The molecule has 8 heteroatoms. The summed E-state index contributed by atoms with van der Waals surface area (Å²) in [6.07, 6.45) is 7.26. The fraction of sp³-hybridized carbons (Fsp3) is 0.226. The topological polar surface area (TPSA) is 85.2 Å². The number of piperidine rings is 1. The number of nitrogens with one attached hydrogen (secondary N) is 1. The fourth-order valence-corrected chi connectivity index (χ4v) is 5.16. The van der Waals surface area contributed by atoms with Gasteiger partial charge in [-0.3, -0.25) is 14.3 Å². The summed E-state index contributed by atoms with van der Waals surface area (Å²) in [5.41, 5.74) is 4.09. The Hall–Kier alpha value is -4.72. The van der Waals surface area contributed by atoms with Crippen LogP contribution in [0.3, 0.4) is 0 Å². The molecule has 0 saturated carbocycles. The van der Waals surface area contributed by atoms with Gasteiger partial charge in [0.2, 0.25) is 5.95 Å². The predicted octanol–water partition coefficient (Wildman–Crippen LogP) is 5.57. The van der Waals surface area contributed by atoms with E-state index in [1.165, 1.54) is 24.9 Å². The number of hydrogen-bond donors (Lipinski definition) is 1. The van der Waals surface area contributed by atoms with Gasteiger partial charge in [-0.2, -0.15) is 4.98 Å². The molecule has 1 N–H and O–H groups in total. The molecular weight excluding hydrogens is 488 g/mol. The molecule has 0 bridgehead atoms. The number of pyridine rings is 2. The molecule has 1 unspecified atom stereocenters. The van der Waals surface area contributed by atoms with Gasteiger partial charge in [-0.25, -0.2) is 4.98 Å². The molecule has 0 radical (unpaired) electrons. The van der Waals surface area contributed by atoms with Crippen molar-refractivity contribution >= 4 is 28.4 Å². The maximum Gasteiger partial charge on any atom is 0.253 e. The van der Waals surface area contributed by atoms with Gasteiger partial charge in [0.15, 0.2) is 0 Å². The molecular formula is C31H30N6O2. The number of methoxy groups -OCH3 is 1. The molecule has 3 aromatic heterocycles. The summed E-state index contributed by atoms with van der Waals surface area (Å²) >= 11 is 0. The van der Waals surface area contributed by atoms with Crippen molar-refractivity contribution in [2.45, 2.75) is 25.3 Å². The number of fused-ring (bicyclic) bond motifs is 1. The van der Waals surface area contributed by atoms with E-state index in [1.54, 1.807) is 36.2 Å². The Bertz CT molecular complexity index is 1610. The molecule has 2 aromatic carbocycles. The lowest BCUT2D eigenvalue weighted by Gasteiger charge is -2.28. The van der Waals surface area contributed by atoms with Crippen LogP contribution in [0.5, 0.6) is 5.75 Å². The Morgan fingerprint density at radius 1 is 0.872 bits per heavy atom. The smallest absolute Gasteiger partial charge is 0.253 e. The van der Waals surface area contributed by atoms with Crippen LogP contribution in [0.15, 0.2) is 96.1 Å². The molecule has 1 aliphatic rings. The minimum absolute atomic E-state index is 0.176. The first-order valence-corrected chi connectivity index (χ1v) is 13.2. The fourth-order valence-electron chi connectivity index (χ4n) is 5.16. The standard InChI is InChI=1S/C31H30N6O2/c1-39-26-15-8-22(9-16-26)29(27-7-3-4-18-32-27)37-28(38)17-10-23-21-33-31(35-30(23)37)34-24-11-13-25(14-12-24)36-19-5-2-6-20-36/h3-4,7-18,21,29H,2,5-6,19-20H2,1H3,(H,33,34,35). The highest BCUT2D eigenvalue weighted by Crippen LogP contribution is 2.29. The van der Waals surface area contributed by atoms with E-state index in [9.17, 15) is 4.79 Å². The quantitative estimate of drug-likeness (QED) is 0.302. The van der Waals surface area contributed by atoms with E-state index in [1.807, 2.05) is 54.6 Å². The molecule has 6 rings (SSSR count). The second kappa shape index (κ2) is 10.9. The third kappa shape index (κ3) is 5.18. The van der Waals surface area contributed by atoms with Crippen molar-refractivity contribution in [2.24, 2.45) is 0 Å². The van der Waals surface area contributed by atoms with Gasteiger partial charge < -0.3 is 15.0 Å². The molecule has 1 aliphatic heterocycles. The summed E-state index contributed by atoms with van der Waals surface area (Å²) in [5.74, 6) is 1.16. The van der Waals surface area contributed by atoms with E-state index < -0.39 is 6.04 Å². The van der Waals surface area contributed by atoms with Gasteiger partial charge in [0.05, 0.1) is 12.8 Å². The van der Waals surface area contributed by atoms with Crippen LogP contribution < -0.4 is 20.5 Å². The van der Waals surface area contributed by atoms with Crippen molar-refractivity contribution in [3.05, 3.63) is 113 Å². The van der Waals surface area contributed by atoms with Crippen molar-refractivity contribution in [3.8, 4) is 5.75 Å². The lowest BCUT2D eigenvalue weighted by molar-refractivity contribution is 0.414. The summed E-state index contributed by atoms with van der Waals surface area (Å²) in [4.78, 5) is 29.8. The Kier molecular flexibility index (Phi) is 6.91. The molecule has 0 spiro atoms. The Morgan fingerprint density at radius 3 is 2.38 bits per heavy atom. The van der Waals surface area contributed by atoms with Crippen LogP contribution in [0.4, 0.5) is 17.3 Å². The van der Waals surface area contributed by atoms with E-state index in [-0.39, 0.29) is 5.56 Å². The summed E-state index contributed by atoms with van der Waals surface area (Å²) in [5, 5.41) is 4.08. The van der Waals surface area contributed by atoms with Crippen LogP contribution in [0.2, 0.25) is 0 Å². The first-order chi connectivity index (χ1) is 19.2. The molecule has 8 nitrogen and oxygen atoms in total. The Labute approximate surface area is 227 Å². The summed E-state index contributed by atoms with van der Waals surface area (Å²) in [7, 11) is 1.63. The molecule has 0 aliphatic carbocycles. The summed E-state index contributed by atoms with van der Waals surface area (Å²) < 4.78 is 7.04. The van der Waals surface area contributed by atoms with Crippen molar-refractivity contribution in [3.63, 3.8) is 0 Å². The molecule has 5 aromatic rings. The SMILES string of the molecule is COc1ccc(C(c2ccccn2)n2c(=O)ccc3cnc(Nc4ccc(N5CCCCC5)cc4)nc32)cc1. The van der Waals surface area contributed by atoms with E-state index in [4.69, 9.17) is 9.72 Å². The van der Waals surface area contributed by atoms with Gasteiger partial charge >= 0.3 is 0 Å². The summed E-state index contributed by atoms with van der Waals surface area (Å²) in [6.45, 7) is 2.20. The van der Waals surface area contributed by atoms with Crippen LogP contribution in [0.25, 0.3) is 11.0 Å². The number of hydrogen-bond acceptors (Lipinski definition) is 7. The van der Waals surface area contributed by atoms with Gasteiger partial charge in [-0.15, -0.1) is 0 Å². The van der Waals surface area contributed by atoms with Gasteiger partial charge in [0.1, 0.15) is 17.4 Å². The molecule has 0 amide bonds. The Balaban J connectivity index is 1.39. The van der Waals surface area contributed by atoms with Crippen LogP contribution in [0.1, 0.15) is 36.6 Å². The molecule has 196 valence electrons.